The quantitative estimate of drug-likeness (QED) is 0.283. The number of nitrogens with one attached hydrogen (secondary N) is 2. The number of hydrogen-bond donors (Lipinski definition) is 3. The number of H-pyrrole nitrogens is 1. The monoisotopic (exact) mass is 495 g/mol. The van der Waals surface area contributed by atoms with Crippen LogP contribution in [-0.4, -0.2) is 48.4 Å². The average molecular weight is 496 g/mol. The fraction of sp³-hybridized carbons (Fsp3) is 0.267. The molecule has 1 saturated heterocycles. The summed E-state index contributed by atoms with van der Waals surface area (Å²) in [5.41, 5.74) is 5.04. The number of benzene rings is 3. The van der Waals surface area contributed by atoms with Crippen LogP contribution in [0.2, 0.25) is 0 Å². The van der Waals surface area contributed by atoms with Crippen molar-refractivity contribution in [3.8, 4) is 5.88 Å². The Labute approximate surface area is 217 Å². The number of hydrogen-bond acceptors (Lipinski definition) is 6. The number of anilines is 3. The molecule has 190 valence electrons. The van der Waals surface area contributed by atoms with Crippen molar-refractivity contribution in [3.05, 3.63) is 88.2 Å². The van der Waals surface area contributed by atoms with Crippen LogP contribution in [-0.2, 0) is 6.54 Å². The van der Waals surface area contributed by atoms with Gasteiger partial charge in [0.15, 0.2) is 0 Å². The zero-order valence-electron chi connectivity index (χ0n) is 21.4. The third-order valence-electron chi connectivity index (χ3n) is 6.85. The molecule has 7 nitrogen and oxygen atoms in total. The molecule has 3 N–H and O–H groups in total. The van der Waals surface area contributed by atoms with Crippen LogP contribution in [0.25, 0.3) is 10.8 Å². The summed E-state index contributed by atoms with van der Waals surface area (Å²) in [7, 11) is 4.01. The predicted octanol–water partition coefficient (Wildman–Crippen LogP) is 5.78. The third kappa shape index (κ3) is 5.84. The molecule has 0 radical (unpaired) electrons. The second kappa shape index (κ2) is 10.9. The summed E-state index contributed by atoms with van der Waals surface area (Å²) in [4.78, 5) is 24.2. The van der Waals surface area contributed by atoms with E-state index in [9.17, 15) is 9.90 Å². The van der Waals surface area contributed by atoms with E-state index in [2.05, 4.69) is 32.3 Å². The van der Waals surface area contributed by atoms with E-state index in [0.29, 0.717) is 16.3 Å². The number of aromatic amines is 1. The van der Waals surface area contributed by atoms with Gasteiger partial charge in [-0.1, -0.05) is 18.6 Å². The Morgan fingerprint density at radius 3 is 2.35 bits per heavy atom. The minimum absolute atomic E-state index is 0.199. The van der Waals surface area contributed by atoms with E-state index in [4.69, 9.17) is 0 Å². The van der Waals surface area contributed by atoms with Gasteiger partial charge in [0.25, 0.3) is 5.56 Å². The van der Waals surface area contributed by atoms with Crippen molar-refractivity contribution in [2.75, 3.05) is 37.4 Å². The standard InChI is InChI=1S/C30H33N5O2/c1-34(2)25-13-10-23(11-14-25)32-24-12-15-26-27(18-24)28(30(37)33-29(26)36)19-31-22-8-6-21(7-9-22)20-35-16-4-3-5-17-35/h6-15,18-19,32H,3-5,16-17,20H2,1-2H3,(H2,33,36,37). The Kier molecular flexibility index (Phi) is 7.23. The predicted molar refractivity (Wildman–Crippen MR) is 153 cm³/mol. The molecular weight excluding hydrogens is 462 g/mol. The maximum absolute atomic E-state index is 12.5. The van der Waals surface area contributed by atoms with Crippen LogP contribution in [0.15, 0.2) is 76.5 Å². The number of piperidine rings is 1. The zero-order chi connectivity index (χ0) is 25.8. The van der Waals surface area contributed by atoms with Gasteiger partial charge in [0.05, 0.1) is 11.3 Å². The van der Waals surface area contributed by atoms with E-state index in [1.807, 2.05) is 67.5 Å². The number of rotatable bonds is 7. The molecule has 0 spiro atoms. The first-order chi connectivity index (χ1) is 18.0. The topological polar surface area (TPSA) is 84.0 Å². The van der Waals surface area contributed by atoms with Crippen molar-refractivity contribution in [2.24, 2.45) is 4.99 Å². The van der Waals surface area contributed by atoms with Gasteiger partial charge < -0.3 is 15.3 Å². The van der Waals surface area contributed by atoms with Crippen molar-refractivity contribution in [1.29, 1.82) is 0 Å². The van der Waals surface area contributed by atoms with Gasteiger partial charge in [0.2, 0.25) is 5.88 Å². The van der Waals surface area contributed by atoms with Crippen molar-refractivity contribution in [3.63, 3.8) is 0 Å². The minimum Gasteiger partial charge on any atom is -0.494 e. The number of pyridine rings is 1. The molecule has 1 aliphatic rings. The molecule has 0 unspecified atom stereocenters. The molecule has 1 fully saturated rings. The van der Waals surface area contributed by atoms with Crippen LogP contribution >= 0.6 is 0 Å². The van der Waals surface area contributed by atoms with Crippen molar-refractivity contribution in [2.45, 2.75) is 25.8 Å². The zero-order valence-corrected chi connectivity index (χ0v) is 21.4. The fourth-order valence-electron chi connectivity index (χ4n) is 4.76. The van der Waals surface area contributed by atoms with E-state index in [0.717, 1.165) is 42.4 Å². The van der Waals surface area contributed by atoms with Crippen LogP contribution < -0.4 is 15.8 Å². The van der Waals surface area contributed by atoms with Gasteiger partial charge in [0.1, 0.15) is 0 Å². The Hall–Kier alpha value is -4.10. The number of aliphatic imine (C=N–C) groups is 1. The molecule has 37 heavy (non-hydrogen) atoms. The molecule has 0 atom stereocenters. The third-order valence-corrected chi connectivity index (χ3v) is 6.85. The second-order valence-corrected chi connectivity index (χ2v) is 9.80. The molecule has 4 aromatic rings. The molecule has 0 bridgehead atoms. The maximum Gasteiger partial charge on any atom is 0.258 e. The van der Waals surface area contributed by atoms with Crippen molar-refractivity contribution < 1.29 is 5.11 Å². The second-order valence-electron chi connectivity index (χ2n) is 9.80. The van der Waals surface area contributed by atoms with Crippen LogP contribution in [0.4, 0.5) is 22.7 Å². The van der Waals surface area contributed by atoms with Gasteiger partial charge in [-0.3, -0.25) is 19.7 Å². The molecule has 0 aliphatic carbocycles. The van der Waals surface area contributed by atoms with Gasteiger partial charge in [-0.05, 0) is 86.1 Å². The molecule has 7 heteroatoms. The number of nitrogens with zero attached hydrogens (tertiary/aromatic N) is 3. The summed E-state index contributed by atoms with van der Waals surface area (Å²) in [6.45, 7) is 3.29. The largest absolute Gasteiger partial charge is 0.494 e. The number of likely N-dealkylation sites (tertiary alicyclic amines) is 1. The molecule has 0 saturated carbocycles. The van der Waals surface area contributed by atoms with Crippen LogP contribution in [0.3, 0.4) is 0 Å². The van der Waals surface area contributed by atoms with Gasteiger partial charge in [0, 0.05) is 54.7 Å². The molecule has 2 heterocycles. The highest BCUT2D eigenvalue weighted by atomic mass is 16.3. The van der Waals surface area contributed by atoms with Gasteiger partial charge in [-0.15, -0.1) is 0 Å². The minimum atomic E-state index is -0.339. The van der Waals surface area contributed by atoms with E-state index in [1.165, 1.54) is 24.8 Å². The van der Waals surface area contributed by atoms with E-state index < -0.39 is 0 Å². The van der Waals surface area contributed by atoms with Crippen molar-refractivity contribution in [1.82, 2.24) is 9.88 Å². The highest BCUT2D eigenvalue weighted by molar-refractivity contribution is 6.03. The normalized spacial score (nSPS) is 14.3. The average Bonchev–Trinajstić information content (AvgIpc) is 2.90. The summed E-state index contributed by atoms with van der Waals surface area (Å²) < 4.78 is 0. The summed E-state index contributed by atoms with van der Waals surface area (Å²) in [6.07, 6.45) is 5.50. The highest BCUT2D eigenvalue weighted by Crippen LogP contribution is 2.27. The van der Waals surface area contributed by atoms with E-state index in [-0.39, 0.29) is 11.4 Å². The molecule has 5 rings (SSSR count). The lowest BCUT2D eigenvalue weighted by molar-refractivity contribution is 0.221. The molecular formula is C30H33N5O2. The summed E-state index contributed by atoms with van der Waals surface area (Å²) >= 11 is 0. The van der Waals surface area contributed by atoms with Crippen LogP contribution in [0, 0.1) is 0 Å². The van der Waals surface area contributed by atoms with Gasteiger partial charge in [-0.25, -0.2) is 0 Å². The molecule has 1 aliphatic heterocycles. The Morgan fingerprint density at radius 1 is 0.946 bits per heavy atom. The molecule has 3 aromatic carbocycles. The Balaban J connectivity index is 1.38. The highest BCUT2D eigenvalue weighted by Gasteiger charge is 2.12. The number of aromatic nitrogens is 1. The lowest BCUT2D eigenvalue weighted by Crippen LogP contribution is -2.28. The summed E-state index contributed by atoms with van der Waals surface area (Å²) in [6, 6.07) is 21.8. The summed E-state index contributed by atoms with van der Waals surface area (Å²) in [5.74, 6) is -0.199. The van der Waals surface area contributed by atoms with Crippen LogP contribution in [0.5, 0.6) is 5.88 Å². The smallest absolute Gasteiger partial charge is 0.258 e. The van der Waals surface area contributed by atoms with E-state index in [1.54, 1.807) is 12.3 Å². The fourth-order valence-corrected chi connectivity index (χ4v) is 4.76. The van der Waals surface area contributed by atoms with E-state index >= 15 is 0 Å². The Bertz CT molecular complexity index is 1450. The van der Waals surface area contributed by atoms with Gasteiger partial charge in [-0.2, -0.15) is 0 Å². The molecule has 1 aromatic heterocycles. The number of aromatic hydroxyl groups is 1. The first-order valence-electron chi connectivity index (χ1n) is 12.7. The summed E-state index contributed by atoms with van der Waals surface area (Å²) in [5, 5.41) is 15.1. The SMILES string of the molecule is CN(C)c1ccc(Nc2ccc3c(=O)[nH]c(O)c(C=Nc4ccc(CN5CCCCC5)cc4)c3c2)cc1. The lowest BCUT2D eigenvalue weighted by Gasteiger charge is -2.26. The first-order valence-corrected chi connectivity index (χ1v) is 12.7. The van der Waals surface area contributed by atoms with Crippen LogP contribution in [0.1, 0.15) is 30.4 Å². The molecule has 0 amide bonds. The van der Waals surface area contributed by atoms with Crippen molar-refractivity contribution >= 4 is 39.7 Å². The number of fused-ring (bicyclic) bond motifs is 1. The Morgan fingerprint density at radius 2 is 1.65 bits per heavy atom. The first kappa shape index (κ1) is 24.6. The van der Waals surface area contributed by atoms with Gasteiger partial charge >= 0.3 is 0 Å². The lowest BCUT2D eigenvalue weighted by atomic mass is 10.1. The maximum atomic E-state index is 12.5.